The van der Waals surface area contributed by atoms with Gasteiger partial charge in [-0.3, -0.25) is 4.79 Å². The van der Waals surface area contributed by atoms with Crippen LogP contribution in [0.2, 0.25) is 0 Å². The van der Waals surface area contributed by atoms with Gasteiger partial charge in [-0.15, -0.1) is 0 Å². The number of nitrogens with zero attached hydrogens (tertiary/aromatic N) is 3. The maximum absolute atomic E-state index is 11.0. The van der Waals surface area contributed by atoms with Crippen molar-refractivity contribution in [3.05, 3.63) is 12.4 Å². The number of carbonyl (C=O) groups is 1. The van der Waals surface area contributed by atoms with E-state index in [-0.39, 0.29) is 17.7 Å². The molecule has 1 rings (SSSR count). The third kappa shape index (κ3) is 1.69. The van der Waals surface area contributed by atoms with Gasteiger partial charge in [0, 0.05) is 5.92 Å². The summed E-state index contributed by atoms with van der Waals surface area (Å²) >= 11 is 0. The van der Waals surface area contributed by atoms with Crippen molar-refractivity contribution >= 4 is 5.78 Å². The summed E-state index contributed by atoms with van der Waals surface area (Å²) in [6.45, 7) is 5.41. The molecule has 1 heterocycles. The normalized spacial score (nSPS) is 15.6. The summed E-state index contributed by atoms with van der Waals surface area (Å²) in [6.07, 6.45) is 3.23. The van der Waals surface area contributed by atoms with Crippen molar-refractivity contribution in [1.82, 2.24) is 15.0 Å². The van der Waals surface area contributed by atoms with E-state index < -0.39 is 0 Å². The van der Waals surface area contributed by atoms with Gasteiger partial charge >= 0.3 is 0 Å². The number of ketones is 1. The Morgan fingerprint density at radius 2 is 1.83 bits per heavy atom. The zero-order valence-corrected chi connectivity index (χ0v) is 7.56. The van der Waals surface area contributed by atoms with E-state index in [4.69, 9.17) is 0 Å². The van der Waals surface area contributed by atoms with Gasteiger partial charge in [-0.1, -0.05) is 6.92 Å². The van der Waals surface area contributed by atoms with E-state index in [1.54, 1.807) is 24.1 Å². The highest BCUT2D eigenvalue weighted by atomic mass is 16.1. The van der Waals surface area contributed by atoms with Crippen LogP contribution in [0.25, 0.3) is 0 Å². The van der Waals surface area contributed by atoms with Gasteiger partial charge < -0.3 is 0 Å². The molecular formula is C8H13N3O. The summed E-state index contributed by atoms with van der Waals surface area (Å²) in [6, 6.07) is 0.0394. The van der Waals surface area contributed by atoms with Crippen molar-refractivity contribution in [2.24, 2.45) is 5.92 Å². The topological polar surface area (TPSA) is 47.8 Å². The molecule has 0 amide bonds. The average Bonchev–Trinajstić information content (AvgIpc) is 2.53. The highest BCUT2D eigenvalue weighted by molar-refractivity contribution is 5.78. The fourth-order valence-electron chi connectivity index (χ4n) is 0.976. The molecule has 0 radical (unpaired) electrons. The van der Waals surface area contributed by atoms with Gasteiger partial charge in [0.25, 0.3) is 0 Å². The molecule has 1 aromatic heterocycles. The maximum atomic E-state index is 11.0. The minimum atomic E-state index is -0.0302. The number of aromatic nitrogens is 3. The second-order valence-corrected chi connectivity index (χ2v) is 2.99. The standard InChI is InChI=1S/C8H13N3O/c1-6(8(3)12)7(2)11-9-4-5-10-11/h4-7H,1-3H3. The third-order valence-corrected chi connectivity index (χ3v) is 2.17. The van der Waals surface area contributed by atoms with Crippen LogP contribution in [0.3, 0.4) is 0 Å². The molecule has 4 nitrogen and oxygen atoms in total. The summed E-state index contributed by atoms with van der Waals surface area (Å²) in [4.78, 5) is 12.6. The van der Waals surface area contributed by atoms with E-state index >= 15 is 0 Å². The van der Waals surface area contributed by atoms with E-state index in [2.05, 4.69) is 10.2 Å². The van der Waals surface area contributed by atoms with Crippen LogP contribution in [0, 0.1) is 5.92 Å². The lowest BCUT2D eigenvalue weighted by molar-refractivity contribution is -0.121. The molecule has 2 unspecified atom stereocenters. The Bertz CT molecular complexity index is 255. The van der Waals surface area contributed by atoms with Gasteiger partial charge in [0.1, 0.15) is 5.78 Å². The molecule has 0 N–H and O–H groups in total. The Labute approximate surface area is 71.6 Å². The largest absolute Gasteiger partial charge is 0.300 e. The van der Waals surface area contributed by atoms with E-state index in [0.717, 1.165) is 0 Å². The Morgan fingerprint density at radius 3 is 2.25 bits per heavy atom. The van der Waals surface area contributed by atoms with Gasteiger partial charge in [-0.25, -0.2) is 0 Å². The Kier molecular flexibility index (Phi) is 2.58. The van der Waals surface area contributed by atoms with Crippen molar-refractivity contribution < 1.29 is 4.79 Å². The van der Waals surface area contributed by atoms with Crippen molar-refractivity contribution in [1.29, 1.82) is 0 Å². The second kappa shape index (κ2) is 3.47. The van der Waals surface area contributed by atoms with Gasteiger partial charge in [0.05, 0.1) is 18.4 Å². The molecule has 2 atom stereocenters. The monoisotopic (exact) mass is 167 g/mol. The lowest BCUT2D eigenvalue weighted by atomic mass is 10.0. The zero-order valence-electron chi connectivity index (χ0n) is 7.56. The number of carbonyl (C=O) groups excluding carboxylic acids is 1. The first-order chi connectivity index (χ1) is 5.63. The quantitative estimate of drug-likeness (QED) is 0.676. The smallest absolute Gasteiger partial charge is 0.134 e. The lowest BCUT2D eigenvalue weighted by Crippen LogP contribution is -2.21. The van der Waals surface area contributed by atoms with Crippen LogP contribution in [-0.2, 0) is 4.79 Å². The minimum Gasteiger partial charge on any atom is -0.300 e. The molecule has 0 saturated carbocycles. The molecule has 0 aliphatic heterocycles. The van der Waals surface area contributed by atoms with Crippen molar-refractivity contribution in [3.63, 3.8) is 0 Å². The predicted octanol–water partition coefficient (Wildman–Crippen LogP) is 1.06. The highest BCUT2D eigenvalue weighted by Gasteiger charge is 2.18. The molecule has 0 saturated heterocycles. The number of rotatable bonds is 3. The van der Waals surface area contributed by atoms with Crippen molar-refractivity contribution in [2.75, 3.05) is 0 Å². The van der Waals surface area contributed by atoms with Crippen LogP contribution >= 0.6 is 0 Å². The molecule has 0 aliphatic carbocycles. The van der Waals surface area contributed by atoms with Gasteiger partial charge in [0.2, 0.25) is 0 Å². The summed E-state index contributed by atoms with van der Waals surface area (Å²) < 4.78 is 0. The molecular weight excluding hydrogens is 154 g/mol. The van der Waals surface area contributed by atoms with Crippen molar-refractivity contribution in [2.45, 2.75) is 26.8 Å². The fourth-order valence-corrected chi connectivity index (χ4v) is 0.976. The van der Waals surface area contributed by atoms with Gasteiger partial charge in [-0.05, 0) is 13.8 Å². The summed E-state index contributed by atoms with van der Waals surface area (Å²) in [7, 11) is 0. The van der Waals surface area contributed by atoms with Crippen LogP contribution in [-0.4, -0.2) is 20.8 Å². The maximum Gasteiger partial charge on any atom is 0.134 e. The summed E-state index contributed by atoms with van der Waals surface area (Å²) in [5.74, 6) is 0.136. The minimum absolute atomic E-state index is 0.0302. The molecule has 0 aromatic carbocycles. The van der Waals surface area contributed by atoms with E-state index in [0.29, 0.717) is 0 Å². The van der Waals surface area contributed by atoms with Crippen LogP contribution < -0.4 is 0 Å². The molecule has 4 heteroatoms. The fraction of sp³-hybridized carbons (Fsp3) is 0.625. The Morgan fingerprint density at radius 1 is 1.33 bits per heavy atom. The third-order valence-electron chi connectivity index (χ3n) is 2.17. The molecule has 12 heavy (non-hydrogen) atoms. The van der Waals surface area contributed by atoms with Crippen LogP contribution in [0.5, 0.6) is 0 Å². The van der Waals surface area contributed by atoms with Crippen LogP contribution in [0.4, 0.5) is 0 Å². The first kappa shape index (κ1) is 8.90. The number of hydrogen-bond donors (Lipinski definition) is 0. The summed E-state index contributed by atoms with van der Waals surface area (Å²) in [5.41, 5.74) is 0. The first-order valence-electron chi connectivity index (χ1n) is 3.99. The lowest BCUT2D eigenvalue weighted by Gasteiger charge is -2.15. The molecule has 66 valence electrons. The van der Waals surface area contributed by atoms with E-state index in [1.165, 1.54) is 0 Å². The van der Waals surface area contributed by atoms with E-state index in [9.17, 15) is 4.79 Å². The highest BCUT2D eigenvalue weighted by Crippen LogP contribution is 2.15. The Hall–Kier alpha value is -1.19. The van der Waals surface area contributed by atoms with Gasteiger partial charge in [-0.2, -0.15) is 15.0 Å². The summed E-state index contributed by atoms with van der Waals surface area (Å²) in [5, 5.41) is 7.95. The Balaban J connectivity index is 2.71. The average molecular weight is 167 g/mol. The molecule has 1 aromatic rings. The molecule has 0 aliphatic rings. The number of hydrogen-bond acceptors (Lipinski definition) is 3. The SMILES string of the molecule is CC(=O)C(C)C(C)n1nccn1. The van der Waals surface area contributed by atoms with Crippen molar-refractivity contribution in [3.8, 4) is 0 Å². The van der Waals surface area contributed by atoms with Crippen LogP contribution in [0.1, 0.15) is 26.8 Å². The molecule has 0 fully saturated rings. The van der Waals surface area contributed by atoms with Crippen LogP contribution in [0.15, 0.2) is 12.4 Å². The number of Topliss-reactive ketones (excluding diaryl/α,β-unsaturated/α-hetero) is 1. The molecule has 0 bridgehead atoms. The second-order valence-electron chi connectivity index (χ2n) is 2.99. The predicted molar refractivity (Wildman–Crippen MR) is 44.6 cm³/mol. The van der Waals surface area contributed by atoms with Gasteiger partial charge in [0.15, 0.2) is 0 Å². The zero-order chi connectivity index (χ0) is 9.14. The molecule has 0 spiro atoms. The first-order valence-corrected chi connectivity index (χ1v) is 3.99. The van der Waals surface area contributed by atoms with E-state index in [1.807, 2.05) is 13.8 Å².